The molecule has 4 rings (SSSR count). The van der Waals surface area contributed by atoms with E-state index < -0.39 is 9.84 Å². The number of aromatic nitrogens is 2. The molecule has 0 aliphatic heterocycles. The Hall–Kier alpha value is -3.00. The number of fused-ring (bicyclic) bond motifs is 1. The van der Waals surface area contributed by atoms with E-state index in [1.54, 1.807) is 12.1 Å². The lowest BCUT2D eigenvalue weighted by Crippen LogP contribution is -2.14. The summed E-state index contributed by atoms with van der Waals surface area (Å²) in [6, 6.07) is 12.4. The number of sulfone groups is 1. The van der Waals surface area contributed by atoms with Crippen LogP contribution in [-0.4, -0.2) is 30.8 Å². The van der Waals surface area contributed by atoms with Gasteiger partial charge in [-0.1, -0.05) is 23.3 Å². The SMILES string of the molecule is CS(=O)(=O)c1ccc(CC(=O)Nc2nnc(-c3ccc4c(c3)CCCC4)o2)cc1. The van der Waals surface area contributed by atoms with Crippen LogP contribution in [0, 0.1) is 0 Å². The standard InChI is InChI=1S/C21H21N3O4S/c1-29(26,27)18-10-6-14(7-11-18)12-19(25)22-21-24-23-20(28-21)17-9-8-15-4-2-3-5-16(15)13-17/h6-11,13H,2-5,12H2,1H3,(H,22,24,25). The third-order valence-electron chi connectivity index (χ3n) is 4.98. The molecule has 1 aromatic heterocycles. The quantitative estimate of drug-likeness (QED) is 0.692. The Morgan fingerprint density at radius 3 is 2.48 bits per heavy atom. The van der Waals surface area contributed by atoms with Gasteiger partial charge >= 0.3 is 6.01 Å². The Bertz CT molecular complexity index is 1150. The largest absolute Gasteiger partial charge is 0.403 e. The number of hydrogen-bond donors (Lipinski definition) is 1. The molecule has 0 radical (unpaired) electrons. The monoisotopic (exact) mass is 411 g/mol. The zero-order valence-corrected chi connectivity index (χ0v) is 16.8. The van der Waals surface area contributed by atoms with Crippen molar-refractivity contribution in [3.05, 3.63) is 59.2 Å². The zero-order chi connectivity index (χ0) is 20.4. The first kappa shape index (κ1) is 19.3. The first-order chi connectivity index (χ1) is 13.9. The van der Waals surface area contributed by atoms with Gasteiger partial charge in [-0.2, -0.15) is 0 Å². The van der Waals surface area contributed by atoms with Crippen LogP contribution in [-0.2, 0) is 33.9 Å². The predicted molar refractivity (Wildman–Crippen MR) is 108 cm³/mol. The summed E-state index contributed by atoms with van der Waals surface area (Å²) in [6.07, 6.45) is 5.78. The number of nitrogens with one attached hydrogen (secondary N) is 1. The van der Waals surface area contributed by atoms with Gasteiger partial charge in [0.15, 0.2) is 9.84 Å². The molecule has 0 saturated carbocycles. The normalized spacial score (nSPS) is 13.7. The molecule has 8 heteroatoms. The Morgan fingerprint density at radius 1 is 1.03 bits per heavy atom. The van der Waals surface area contributed by atoms with Crippen molar-refractivity contribution in [2.75, 3.05) is 11.6 Å². The molecule has 7 nitrogen and oxygen atoms in total. The highest BCUT2D eigenvalue weighted by Crippen LogP contribution is 2.27. The van der Waals surface area contributed by atoms with Gasteiger partial charge in [-0.25, -0.2) is 8.42 Å². The molecule has 0 unspecified atom stereocenters. The van der Waals surface area contributed by atoms with Crippen LogP contribution in [0.2, 0.25) is 0 Å². The van der Waals surface area contributed by atoms with Gasteiger partial charge in [0, 0.05) is 11.8 Å². The molecule has 1 amide bonds. The summed E-state index contributed by atoms with van der Waals surface area (Å²) in [5.74, 6) is 0.0453. The second-order valence-corrected chi connectivity index (χ2v) is 9.26. The minimum atomic E-state index is -3.26. The third kappa shape index (κ3) is 4.54. The number of rotatable bonds is 5. The first-order valence-corrected chi connectivity index (χ1v) is 11.3. The number of aryl methyl sites for hydroxylation is 2. The molecule has 0 atom stereocenters. The Balaban J connectivity index is 1.42. The lowest BCUT2D eigenvalue weighted by molar-refractivity contribution is -0.115. The summed E-state index contributed by atoms with van der Waals surface area (Å²) in [6.45, 7) is 0. The second kappa shape index (κ2) is 7.79. The first-order valence-electron chi connectivity index (χ1n) is 9.43. The molecule has 29 heavy (non-hydrogen) atoms. The van der Waals surface area contributed by atoms with Crippen LogP contribution in [0.4, 0.5) is 6.01 Å². The van der Waals surface area contributed by atoms with E-state index in [1.807, 2.05) is 6.07 Å². The molecule has 1 aliphatic carbocycles. The van der Waals surface area contributed by atoms with Crippen LogP contribution in [0.25, 0.3) is 11.5 Å². The number of hydrogen-bond acceptors (Lipinski definition) is 6. The van der Waals surface area contributed by atoms with E-state index in [-0.39, 0.29) is 23.2 Å². The third-order valence-corrected chi connectivity index (χ3v) is 6.11. The van der Waals surface area contributed by atoms with Gasteiger partial charge in [-0.3, -0.25) is 10.1 Å². The van der Waals surface area contributed by atoms with Crippen molar-refractivity contribution in [1.29, 1.82) is 0 Å². The fourth-order valence-electron chi connectivity index (χ4n) is 3.46. The van der Waals surface area contributed by atoms with E-state index >= 15 is 0 Å². The number of amides is 1. The molecule has 0 spiro atoms. The van der Waals surface area contributed by atoms with E-state index in [0.29, 0.717) is 11.5 Å². The van der Waals surface area contributed by atoms with E-state index in [0.717, 1.165) is 24.7 Å². The van der Waals surface area contributed by atoms with Crippen molar-refractivity contribution < 1.29 is 17.6 Å². The maximum Gasteiger partial charge on any atom is 0.322 e. The van der Waals surface area contributed by atoms with Gasteiger partial charge in [0.25, 0.3) is 0 Å². The van der Waals surface area contributed by atoms with E-state index in [1.165, 1.54) is 36.1 Å². The van der Waals surface area contributed by atoms with Crippen molar-refractivity contribution in [3.63, 3.8) is 0 Å². The van der Waals surface area contributed by atoms with Gasteiger partial charge in [0.1, 0.15) is 0 Å². The van der Waals surface area contributed by atoms with Crippen LogP contribution < -0.4 is 5.32 Å². The minimum absolute atomic E-state index is 0.0375. The average Bonchev–Trinajstić information content (AvgIpc) is 3.15. The second-order valence-electron chi connectivity index (χ2n) is 7.24. The average molecular weight is 411 g/mol. The molecule has 150 valence electrons. The highest BCUT2D eigenvalue weighted by Gasteiger charge is 2.15. The lowest BCUT2D eigenvalue weighted by atomic mass is 9.90. The Kier molecular flexibility index (Phi) is 5.19. The Labute approximate surface area is 169 Å². The Morgan fingerprint density at radius 2 is 1.76 bits per heavy atom. The van der Waals surface area contributed by atoms with Crippen molar-refractivity contribution >= 4 is 21.8 Å². The van der Waals surface area contributed by atoms with Crippen LogP contribution in [0.3, 0.4) is 0 Å². The van der Waals surface area contributed by atoms with Gasteiger partial charge in [0.2, 0.25) is 11.8 Å². The van der Waals surface area contributed by atoms with Gasteiger partial charge in [0.05, 0.1) is 11.3 Å². The number of carbonyl (C=O) groups is 1. The molecule has 0 bridgehead atoms. The molecular weight excluding hydrogens is 390 g/mol. The summed E-state index contributed by atoms with van der Waals surface area (Å²) in [4.78, 5) is 12.5. The van der Waals surface area contributed by atoms with Crippen LogP contribution >= 0.6 is 0 Å². The molecule has 1 aliphatic rings. The molecule has 0 fully saturated rings. The van der Waals surface area contributed by atoms with Crippen molar-refractivity contribution in [3.8, 4) is 11.5 Å². The number of carbonyl (C=O) groups excluding carboxylic acids is 1. The summed E-state index contributed by atoms with van der Waals surface area (Å²) >= 11 is 0. The smallest absolute Gasteiger partial charge is 0.322 e. The molecule has 1 heterocycles. The zero-order valence-electron chi connectivity index (χ0n) is 16.0. The molecular formula is C21H21N3O4S. The number of anilines is 1. The van der Waals surface area contributed by atoms with Gasteiger partial charge in [-0.05, 0) is 66.6 Å². The van der Waals surface area contributed by atoms with Crippen molar-refractivity contribution in [2.24, 2.45) is 0 Å². The number of nitrogens with zero attached hydrogens (tertiary/aromatic N) is 2. The van der Waals surface area contributed by atoms with Crippen LogP contribution in [0.1, 0.15) is 29.5 Å². The summed E-state index contributed by atoms with van der Waals surface area (Å²) < 4.78 is 28.6. The van der Waals surface area contributed by atoms with E-state index in [4.69, 9.17) is 4.42 Å². The highest BCUT2D eigenvalue weighted by atomic mass is 32.2. The topological polar surface area (TPSA) is 102 Å². The van der Waals surface area contributed by atoms with Crippen molar-refractivity contribution in [1.82, 2.24) is 10.2 Å². The van der Waals surface area contributed by atoms with Crippen LogP contribution in [0.15, 0.2) is 51.8 Å². The highest BCUT2D eigenvalue weighted by molar-refractivity contribution is 7.90. The lowest BCUT2D eigenvalue weighted by Gasteiger charge is -2.15. The van der Waals surface area contributed by atoms with E-state index in [9.17, 15) is 13.2 Å². The van der Waals surface area contributed by atoms with Gasteiger partial charge < -0.3 is 4.42 Å². The molecule has 1 N–H and O–H groups in total. The fourth-order valence-corrected chi connectivity index (χ4v) is 4.09. The maximum atomic E-state index is 12.2. The molecule has 3 aromatic rings. The summed E-state index contributed by atoms with van der Waals surface area (Å²) in [5.41, 5.74) is 4.21. The molecule has 2 aromatic carbocycles. The van der Waals surface area contributed by atoms with Crippen LogP contribution in [0.5, 0.6) is 0 Å². The van der Waals surface area contributed by atoms with E-state index in [2.05, 4.69) is 27.6 Å². The van der Waals surface area contributed by atoms with Gasteiger partial charge in [-0.15, -0.1) is 5.10 Å². The summed E-state index contributed by atoms with van der Waals surface area (Å²) in [7, 11) is -3.26. The summed E-state index contributed by atoms with van der Waals surface area (Å²) in [5, 5.41) is 10.5. The minimum Gasteiger partial charge on any atom is -0.403 e. The van der Waals surface area contributed by atoms with Crippen molar-refractivity contribution in [2.45, 2.75) is 37.0 Å². The molecule has 0 saturated heterocycles. The number of benzene rings is 2. The predicted octanol–water partition coefficient (Wildman–Crippen LogP) is 3.20. The fraction of sp³-hybridized carbons (Fsp3) is 0.286. The maximum absolute atomic E-state index is 12.2.